The minimum Gasteiger partial charge on any atom is -0.411 e. The molecule has 0 aliphatic heterocycles. The maximum Gasteiger partial charge on any atom is 0.277 e. The van der Waals surface area contributed by atoms with E-state index in [2.05, 4.69) is 20.5 Å². The monoisotopic (exact) mass is 374 g/mol. The normalized spacial score (nSPS) is 12.0. The van der Waals surface area contributed by atoms with Gasteiger partial charge in [0.15, 0.2) is 0 Å². The highest BCUT2D eigenvalue weighted by Crippen LogP contribution is 2.26. The number of benzene rings is 1. The molecule has 0 unspecified atom stereocenters. The average Bonchev–Trinajstić information content (AvgIpc) is 3.06. The van der Waals surface area contributed by atoms with E-state index in [1.807, 2.05) is 31.2 Å². The number of hydrogen-bond donors (Lipinski definition) is 1. The lowest BCUT2D eigenvalue weighted by atomic mass is 10.1. The molecule has 1 amide bonds. The molecule has 2 heterocycles. The zero-order valence-electron chi connectivity index (χ0n) is 13.6. The summed E-state index contributed by atoms with van der Waals surface area (Å²) in [5.41, 5.74) is 1.99. The van der Waals surface area contributed by atoms with Gasteiger partial charge in [-0.3, -0.25) is 4.79 Å². The van der Waals surface area contributed by atoms with E-state index in [1.165, 1.54) is 18.0 Å². The molecule has 0 aliphatic carbocycles. The first-order valence-electron chi connectivity index (χ1n) is 7.51. The maximum atomic E-state index is 12.2. The van der Waals surface area contributed by atoms with Gasteiger partial charge < -0.3 is 9.73 Å². The molecule has 0 spiro atoms. The van der Waals surface area contributed by atoms with Crippen LogP contribution in [0.1, 0.15) is 12.5 Å². The fourth-order valence-corrected chi connectivity index (χ4v) is 2.75. The molecular formula is C17H15ClN4O2S. The minimum atomic E-state index is -0.427. The average molecular weight is 375 g/mol. The van der Waals surface area contributed by atoms with Crippen LogP contribution in [0.5, 0.6) is 0 Å². The predicted octanol–water partition coefficient (Wildman–Crippen LogP) is 4.21. The molecule has 3 rings (SSSR count). The number of rotatable bonds is 5. The van der Waals surface area contributed by atoms with E-state index >= 15 is 0 Å². The van der Waals surface area contributed by atoms with Gasteiger partial charge in [-0.2, -0.15) is 0 Å². The van der Waals surface area contributed by atoms with E-state index in [0.717, 1.165) is 11.1 Å². The Labute approximate surface area is 154 Å². The van der Waals surface area contributed by atoms with E-state index in [1.54, 1.807) is 19.1 Å². The van der Waals surface area contributed by atoms with Crippen LogP contribution in [0.2, 0.25) is 5.02 Å². The molecule has 2 aromatic heterocycles. The van der Waals surface area contributed by atoms with Gasteiger partial charge in [0.25, 0.3) is 5.22 Å². The number of aryl methyl sites for hydroxylation is 1. The highest BCUT2D eigenvalue weighted by Gasteiger charge is 2.19. The van der Waals surface area contributed by atoms with Gasteiger partial charge in [0.1, 0.15) is 5.82 Å². The van der Waals surface area contributed by atoms with Gasteiger partial charge in [0, 0.05) is 11.8 Å². The van der Waals surface area contributed by atoms with Crippen molar-refractivity contribution in [3.8, 4) is 11.5 Å². The molecule has 0 saturated carbocycles. The summed E-state index contributed by atoms with van der Waals surface area (Å²) in [4.78, 5) is 16.3. The highest BCUT2D eigenvalue weighted by molar-refractivity contribution is 8.00. The second-order valence-electron chi connectivity index (χ2n) is 5.35. The number of carbonyl (C=O) groups excluding carboxylic acids is 1. The van der Waals surface area contributed by atoms with Crippen LogP contribution in [-0.4, -0.2) is 26.3 Å². The Morgan fingerprint density at radius 3 is 2.64 bits per heavy atom. The molecule has 0 aliphatic rings. The number of nitrogens with one attached hydrogen (secondary N) is 1. The van der Waals surface area contributed by atoms with E-state index in [4.69, 9.17) is 16.0 Å². The summed E-state index contributed by atoms with van der Waals surface area (Å²) in [6, 6.07) is 11.1. The van der Waals surface area contributed by atoms with Crippen LogP contribution in [-0.2, 0) is 4.79 Å². The summed E-state index contributed by atoms with van der Waals surface area (Å²) in [6.07, 6.45) is 1.47. The van der Waals surface area contributed by atoms with E-state index in [-0.39, 0.29) is 5.91 Å². The maximum absolute atomic E-state index is 12.2. The zero-order chi connectivity index (χ0) is 17.8. The van der Waals surface area contributed by atoms with Crippen LogP contribution < -0.4 is 5.32 Å². The number of pyridine rings is 1. The van der Waals surface area contributed by atoms with Crippen LogP contribution in [0.3, 0.4) is 0 Å². The smallest absolute Gasteiger partial charge is 0.277 e. The number of amides is 1. The Morgan fingerprint density at radius 1 is 1.20 bits per heavy atom. The number of nitrogens with zero attached hydrogens (tertiary/aromatic N) is 3. The van der Waals surface area contributed by atoms with Crippen molar-refractivity contribution in [2.45, 2.75) is 24.3 Å². The number of halogens is 1. The van der Waals surface area contributed by atoms with Crippen molar-refractivity contribution in [1.82, 2.24) is 15.2 Å². The Balaban J connectivity index is 1.62. The minimum absolute atomic E-state index is 0.213. The molecular weight excluding hydrogens is 360 g/mol. The molecule has 0 radical (unpaired) electrons. The number of carbonyl (C=O) groups is 1. The van der Waals surface area contributed by atoms with Crippen LogP contribution >= 0.6 is 23.4 Å². The SMILES string of the molecule is Cc1ccc(-c2nnc(S[C@@H](C)C(=O)Nc3ccc(Cl)cn3)o2)cc1. The fourth-order valence-electron chi connectivity index (χ4n) is 1.95. The van der Waals surface area contributed by atoms with Crippen molar-refractivity contribution in [1.29, 1.82) is 0 Å². The third kappa shape index (κ3) is 4.58. The summed E-state index contributed by atoms with van der Waals surface area (Å²) >= 11 is 6.96. The zero-order valence-corrected chi connectivity index (χ0v) is 15.1. The van der Waals surface area contributed by atoms with Crippen molar-refractivity contribution < 1.29 is 9.21 Å². The number of aromatic nitrogens is 3. The second kappa shape index (κ2) is 7.67. The third-order valence-electron chi connectivity index (χ3n) is 3.33. The summed E-state index contributed by atoms with van der Waals surface area (Å²) < 4.78 is 5.62. The quantitative estimate of drug-likeness (QED) is 0.673. The molecule has 0 bridgehead atoms. The largest absolute Gasteiger partial charge is 0.411 e. The summed E-state index contributed by atoms with van der Waals surface area (Å²) in [5, 5.41) is 11.1. The lowest BCUT2D eigenvalue weighted by Crippen LogP contribution is -2.22. The molecule has 6 nitrogen and oxygen atoms in total. The first kappa shape index (κ1) is 17.4. The number of anilines is 1. The van der Waals surface area contributed by atoms with Gasteiger partial charge in [-0.25, -0.2) is 4.98 Å². The Bertz CT molecular complexity index is 865. The molecule has 3 aromatic rings. The van der Waals surface area contributed by atoms with Gasteiger partial charge >= 0.3 is 0 Å². The van der Waals surface area contributed by atoms with Crippen molar-refractivity contribution in [2.75, 3.05) is 5.32 Å². The molecule has 1 atom stereocenters. The van der Waals surface area contributed by atoms with E-state index < -0.39 is 5.25 Å². The Hall–Kier alpha value is -2.38. The van der Waals surface area contributed by atoms with Crippen LogP contribution in [0.4, 0.5) is 5.82 Å². The Morgan fingerprint density at radius 2 is 1.96 bits per heavy atom. The predicted molar refractivity (Wildman–Crippen MR) is 97.7 cm³/mol. The number of hydrogen-bond acceptors (Lipinski definition) is 6. The third-order valence-corrected chi connectivity index (χ3v) is 4.49. The van der Waals surface area contributed by atoms with Crippen molar-refractivity contribution >= 4 is 35.1 Å². The second-order valence-corrected chi connectivity index (χ2v) is 7.08. The van der Waals surface area contributed by atoms with Crippen molar-refractivity contribution in [3.63, 3.8) is 0 Å². The fraction of sp³-hybridized carbons (Fsp3) is 0.176. The highest BCUT2D eigenvalue weighted by atomic mass is 35.5. The van der Waals surface area contributed by atoms with Gasteiger partial charge in [-0.05, 0) is 38.1 Å². The van der Waals surface area contributed by atoms with Crippen molar-refractivity contribution in [3.05, 3.63) is 53.2 Å². The number of thioether (sulfide) groups is 1. The molecule has 1 N–H and O–H groups in total. The van der Waals surface area contributed by atoms with Crippen molar-refractivity contribution in [2.24, 2.45) is 0 Å². The van der Waals surface area contributed by atoms with E-state index in [0.29, 0.717) is 22.0 Å². The Kier molecular flexibility index (Phi) is 5.35. The molecule has 128 valence electrons. The van der Waals surface area contributed by atoms with Crippen LogP contribution in [0, 0.1) is 6.92 Å². The first-order valence-corrected chi connectivity index (χ1v) is 8.76. The summed E-state index contributed by atoms with van der Waals surface area (Å²) in [5.74, 6) is 0.650. The summed E-state index contributed by atoms with van der Waals surface area (Å²) in [6.45, 7) is 3.76. The lowest BCUT2D eigenvalue weighted by molar-refractivity contribution is -0.115. The van der Waals surface area contributed by atoms with Gasteiger partial charge in [0.2, 0.25) is 11.8 Å². The molecule has 0 fully saturated rings. The summed E-state index contributed by atoms with van der Waals surface area (Å²) in [7, 11) is 0. The van der Waals surface area contributed by atoms with E-state index in [9.17, 15) is 4.79 Å². The standard InChI is InChI=1S/C17H15ClN4O2S/c1-10-3-5-12(6-4-10)16-21-22-17(24-16)25-11(2)15(23)20-14-8-7-13(18)9-19-14/h3-9,11H,1-2H3,(H,19,20,23)/t11-/m0/s1. The molecule has 25 heavy (non-hydrogen) atoms. The lowest BCUT2D eigenvalue weighted by Gasteiger charge is -2.09. The van der Waals surface area contributed by atoms with Crippen LogP contribution in [0.25, 0.3) is 11.5 Å². The van der Waals surface area contributed by atoms with Gasteiger partial charge in [-0.1, -0.05) is 41.1 Å². The van der Waals surface area contributed by atoms with Gasteiger partial charge in [0.05, 0.1) is 10.3 Å². The molecule has 8 heteroatoms. The first-order chi connectivity index (χ1) is 12.0. The molecule has 0 saturated heterocycles. The van der Waals surface area contributed by atoms with Crippen LogP contribution in [0.15, 0.2) is 52.2 Å². The van der Waals surface area contributed by atoms with Gasteiger partial charge in [-0.15, -0.1) is 10.2 Å². The molecule has 1 aromatic carbocycles. The topological polar surface area (TPSA) is 80.9 Å².